The molecular formula is C18H17BrN2O3. The summed E-state index contributed by atoms with van der Waals surface area (Å²) in [5.74, 6) is 0.224. The van der Waals surface area contributed by atoms with Crippen LogP contribution in [0.4, 0.5) is 0 Å². The van der Waals surface area contributed by atoms with E-state index in [-0.39, 0.29) is 24.2 Å². The zero-order valence-corrected chi connectivity index (χ0v) is 14.7. The second kappa shape index (κ2) is 6.73. The van der Waals surface area contributed by atoms with Crippen molar-refractivity contribution in [3.05, 3.63) is 47.1 Å². The van der Waals surface area contributed by atoms with Gasteiger partial charge >= 0.3 is 0 Å². The van der Waals surface area contributed by atoms with Gasteiger partial charge in [0.25, 0.3) is 0 Å². The molecule has 0 unspecified atom stereocenters. The molecule has 124 valence electrons. The van der Waals surface area contributed by atoms with E-state index in [9.17, 15) is 14.4 Å². The van der Waals surface area contributed by atoms with Crippen molar-refractivity contribution in [3.8, 4) is 0 Å². The van der Waals surface area contributed by atoms with Crippen LogP contribution in [-0.2, 0) is 16.1 Å². The number of nitrogens with zero attached hydrogens (tertiary/aromatic N) is 2. The fourth-order valence-electron chi connectivity index (χ4n) is 3.11. The molecule has 5 nitrogen and oxygen atoms in total. The van der Waals surface area contributed by atoms with Gasteiger partial charge in [0.1, 0.15) is 0 Å². The maximum absolute atomic E-state index is 12.3. The highest BCUT2D eigenvalue weighted by molar-refractivity contribution is 9.10. The van der Waals surface area contributed by atoms with Crippen molar-refractivity contribution >= 4 is 44.8 Å². The van der Waals surface area contributed by atoms with Crippen molar-refractivity contribution in [1.29, 1.82) is 0 Å². The number of likely N-dealkylation sites (tertiary alicyclic amines) is 1. The third kappa shape index (κ3) is 3.19. The van der Waals surface area contributed by atoms with Crippen LogP contribution in [0.5, 0.6) is 0 Å². The molecule has 0 N–H and O–H groups in total. The Balaban J connectivity index is 1.67. The van der Waals surface area contributed by atoms with Crippen LogP contribution in [0, 0.1) is 5.92 Å². The van der Waals surface area contributed by atoms with Gasteiger partial charge in [-0.25, -0.2) is 0 Å². The summed E-state index contributed by atoms with van der Waals surface area (Å²) in [6.07, 6.45) is 4.26. The van der Waals surface area contributed by atoms with Crippen LogP contribution in [0.3, 0.4) is 0 Å². The molecule has 1 saturated heterocycles. The van der Waals surface area contributed by atoms with Gasteiger partial charge in [-0.3, -0.25) is 14.4 Å². The smallest absolute Gasteiger partial charge is 0.245 e. The topological polar surface area (TPSA) is 59.4 Å². The van der Waals surface area contributed by atoms with Crippen molar-refractivity contribution in [3.63, 3.8) is 0 Å². The summed E-state index contributed by atoms with van der Waals surface area (Å²) in [4.78, 5) is 36.6. The predicted molar refractivity (Wildman–Crippen MR) is 94.9 cm³/mol. The van der Waals surface area contributed by atoms with Gasteiger partial charge in [-0.1, -0.05) is 22.5 Å². The highest BCUT2D eigenvalue weighted by Crippen LogP contribution is 2.25. The standard InChI is InChI=1S/C18H17BrN2O3/c1-2-18(24)21-7-12(8-21)5-15(23)10-20-9-13(11-22)16-6-14(19)3-4-17(16)20/h2-4,6,9,11-12H,1,5,7-8,10H2. The summed E-state index contributed by atoms with van der Waals surface area (Å²) >= 11 is 3.40. The number of aromatic nitrogens is 1. The van der Waals surface area contributed by atoms with Crippen molar-refractivity contribution in [2.24, 2.45) is 5.92 Å². The maximum atomic E-state index is 12.3. The van der Waals surface area contributed by atoms with Gasteiger partial charge in [0.2, 0.25) is 5.91 Å². The Labute approximate surface area is 148 Å². The lowest BCUT2D eigenvalue weighted by atomic mass is 9.94. The number of Topliss-reactive ketones (excluding diaryl/α,β-unsaturated/α-hetero) is 1. The molecule has 0 spiro atoms. The van der Waals surface area contributed by atoms with Gasteiger partial charge in [-0.2, -0.15) is 0 Å². The average Bonchev–Trinajstić information content (AvgIpc) is 2.86. The lowest BCUT2D eigenvalue weighted by Crippen LogP contribution is -2.50. The Morgan fingerprint density at radius 2 is 2.08 bits per heavy atom. The van der Waals surface area contributed by atoms with Gasteiger partial charge in [-0.05, 0) is 24.3 Å². The van der Waals surface area contributed by atoms with Gasteiger partial charge < -0.3 is 9.47 Å². The Kier molecular flexibility index (Phi) is 4.66. The second-order valence-electron chi connectivity index (χ2n) is 6.05. The van der Waals surface area contributed by atoms with Gasteiger partial charge in [-0.15, -0.1) is 0 Å². The highest BCUT2D eigenvalue weighted by Gasteiger charge is 2.30. The van der Waals surface area contributed by atoms with E-state index in [2.05, 4.69) is 22.5 Å². The lowest BCUT2D eigenvalue weighted by Gasteiger charge is -2.38. The van der Waals surface area contributed by atoms with E-state index in [4.69, 9.17) is 0 Å². The molecule has 1 aromatic carbocycles. The fraction of sp³-hybridized carbons (Fsp3) is 0.278. The number of rotatable bonds is 6. The summed E-state index contributed by atoms with van der Waals surface area (Å²) in [7, 11) is 0. The first-order valence-corrected chi connectivity index (χ1v) is 8.47. The largest absolute Gasteiger partial charge is 0.339 e. The van der Waals surface area contributed by atoms with Crippen molar-refractivity contribution < 1.29 is 14.4 Å². The zero-order valence-electron chi connectivity index (χ0n) is 13.1. The summed E-state index contributed by atoms with van der Waals surface area (Å²) in [6.45, 7) is 4.90. The predicted octanol–water partition coefficient (Wildman–Crippen LogP) is 2.82. The summed E-state index contributed by atoms with van der Waals surface area (Å²) in [5, 5.41) is 0.832. The van der Waals surface area contributed by atoms with E-state index in [0.717, 1.165) is 21.7 Å². The third-order valence-electron chi connectivity index (χ3n) is 4.31. The quantitative estimate of drug-likeness (QED) is 0.564. The first-order chi connectivity index (χ1) is 11.5. The van der Waals surface area contributed by atoms with E-state index in [1.165, 1.54) is 6.08 Å². The summed E-state index contributed by atoms with van der Waals surface area (Å²) in [6, 6.07) is 5.67. The van der Waals surface area contributed by atoms with Crippen LogP contribution in [-0.4, -0.2) is 40.5 Å². The number of fused-ring (bicyclic) bond motifs is 1. The maximum Gasteiger partial charge on any atom is 0.245 e. The Bertz CT molecular complexity index is 834. The number of benzene rings is 1. The Hall–Kier alpha value is -2.21. The average molecular weight is 389 g/mol. The molecule has 0 saturated carbocycles. The molecule has 6 heteroatoms. The van der Waals surface area contributed by atoms with E-state index in [1.54, 1.807) is 11.1 Å². The van der Waals surface area contributed by atoms with Crippen LogP contribution in [0.25, 0.3) is 10.9 Å². The number of hydrogen-bond acceptors (Lipinski definition) is 3. The molecule has 2 heterocycles. The molecule has 0 bridgehead atoms. The molecule has 1 aromatic heterocycles. The number of amides is 1. The minimum atomic E-state index is -0.0868. The van der Waals surface area contributed by atoms with E-state index < -0.39 is 0 Å². The van der Waals surface area contributed by atoms with E-state index in [0.29, 0.717) is 25.1 Å². The highest BCUT2D eigenvalue weighted by atomic mass is 79.9. The Morgan fingerprint density at radius 3 is 2.75 bits per heavy atom. The minimum absolute atomic E-state index is 0.0868. The molecule has 0 radical (unpaired) electrons. The SMILES string of the molecule is C=CC(=O)N1CC(CC(=O)Cn2cc(C=O)c3cc(Br)ccc32)C1. The number of carbonyl (C=O) groups is 3. The fourth-order valence-corrected chi connectivity index (χ4v) is 3.47. The van der Waals surface area contributed by atoms with Crippen molar-refractivity contribution in [2.45, 2.75) is 13.0 Å². The van der Waals surface area contributed by atoms with Crippen LogP contribution in [0.15, 0.2) is 41.5 Å². The van der Waals surface area contributed by atoms with Crippen molar-refractivity contribution in [2.75, 3.05) is 13.1 Å². The minimum Gasteiger partial charge on any atom is -0.339 e. The molecule has 1 aliphatic heterocycles. The van der Waals surface area contributed by atoms with Crippen LogP contribution >= 0.6 is 15.9 Å². The first-order valence-electron chi connectivity index (χ1n) is 7.68. The zero-order chi connectivity index (χ0) is 17.3. The van der Waals surface area contributed by atoms with Crippen LogP contribution in [0.2, 0.25) is 0 Å². The molecule has 1 amide bonds. The number of aldehydes is 1. The first kappa shape index (κ1) is 16.6. The Morgan fingerprint density at radius 1 is 1.33 bits per heavy atom. The third-order valence-corrected chi connectivity index (χ3v) is 4.80. The van der Waals surface area contributed by atoms with E-state index in [1.807, 2.05) is 22.8 Å². The van der Waals surface area contributed by atoms with Crippen LogP contribution in [0.1, 0.15) is 16.8 Å². The normalized spacial score (nSPS) is 14.5. The molecule has 0 atom stereocenters. The molecule has 24 heavy (non-hydrogen) atoms. The van der Waals surface area contributed by atoms with Gasteiger partial charge in [0.15, 0.2) is 12.1 Å². The van der Waals surface area contributed by atoms with Crippen molar-refractivity contribution in [1.82, 2.24) is 9.47 Å². The molecule has 1 fully saturated rings. The number of ketones is 1. The molecule has 0 aliphatic carbocycles. The van der Waals surface area contributed by atoms with Gasteiger partial charge in [0, 0.05) is 52.6 Å². The van der Waals surface area contributed by atoms with E-state index >= 15 is 0 Å². The molecule has 3 rings (SSSR count). The summed E-state index contributed by atoms with van der Waals surface area (Å²) in [5.41, 5.74) is 1.44. The number of halogens is 1. The molecule has 2 aromatic rings. The molecular weight excluding hydrogens is 372 g/mol. The molecule has 1 aliphatic rings. The number of carbonyl (C=O) groups excluding carboxylic acids is 3. The van der Waals surface area contributed by atoms with Crippen LogP contribution < -0.4 is 0 Å². The second-order valence-corrected chi connectivity index (χ2v) is 6.96. The summed E-state index contributed by atoms with van der Waals surface area (Å²) < 4.78 is 2.71. The van der Waals surface area contributed by atoms with Gasteiger partial charge in [0.05, 0.1) is 6.54 Å². The lowest BCUT2D eigenvalue weighted by molar-refractivity contribution is -0.134. The monoisotopic (exact) mass is 388 g/mol. The number of hydrogen-bond donors (Lipinski definition) is 0.